The number of hydrogen-bond donors (Lipinski definition) is 2. The number of carbonyl (C=O) groups is 1. The summed E-state index contributed by atoms with van der Waals surface area (Å²) in [6.07, 6.45) is 0.240. The lowest BCUT2D eigenvalue weighted by atomic mass is 10.3. The fourth-order valence-electron chi connectivity index (χ4n) is 1.50. The molecule has 0 amide bonds. The van der Waals surface area contributed by atoms with Crippen molar-refractivity contribution < 1.29 is 14.3 Å². The summed E-state index contributed by atoms with van der Waals surface area (Å²) in [4.78, 5) is 20.9. The molecule has 8 nitrogen and oxygen atoms in total. The van der Waals surface area contributed by atoms with Crippen molar-refractivity contribution >= 4 is 23.6 Å². The molecule has 19 heavy (non-hydrogen) atoms. The Morgan fingerprint density at radius 3 is 2.63 bits per heavy atom. The molecule has 1 aromatic heterocycles. The van der Waals surface area contributed by atoms with Gasteiger partial charge in [-0.2, -0.15) is 9.97 Å². The Bertz CT molecular complexity index is 407. The predicted octanol–water partition coefficient (Wildman–Crippen LogP) is -0.343. The van der Waals surface area contributed by atoms with E-state index < -0.39 is 0 Å². The number of rotatable bonds is 7. The Labute approximate surface area is 111 Å². The predicted molar refractivity (Wildman–Crippen MR) is 71.6 cm³/mol. The molecule has 0 aliphatic heterocycles. The monoisotopic (exact) mass is 269 g/mol. The molecule has 1 rings (SSSR count). The third kappa shape index (κ3) is 4.96. The summed E-state index contributed by atoms with van der Waals surface area (Å²) < 4.78 is 9.63. The van der Waals surface area contributed by atoms with Gasteiger partial charge in [-0.25, -0.2) is 0 Å². The lowest BCUT2D eigenvalue weighted by molar-refractivity contribution is -0.140. The Balaban J connectivity index is 2.79. The van der Waals surface area contributed by atoms with Crippen molar-refractivity contribution in [1.29, 1.82) is 0 Å². The number of nitrogens with zero attached hydrogens (tertiary/aromatic N) is 3. The smallest absolute Gasteiger partial charge is 0.307 e. The first-order chi connectivity index (χ1) is 9.06. The van der Waals surface area contributed by atoms with E-state index >= 15 is 0 Å². The quantitative estimate of drug-likeness (QED) is 0.645. The van der Waals surface area contributed by atoms with Crippen LogP contribution in [0.1, 0.15) is 6.42 Å². The fraction of sp³-hybridized carbons (Fsp3) is 0.545. The summed E-state index contributed by atoms with van der Waals surface area (Å²) in [5.41, 5.74) is 11.2. The Morgan fingerprint density at radius 1 is 1.32 bits per heavy atom. The highest BCUT2D eigenvalue weighted by Crippen LogP contribution is 2.15. The minimum atomic E-state index is -0.294. The number of nitrogens with two attached hydrogens (primary N) is 2. The summed E-state index contributed by atoms with van der Waals surface area (Å²) in [5.74, 6) is 0.641. The van der Waals surface area contributed by atoms with E-state index in [1.165, 1.54) is 7.11 Å². The minimum Gasteiger partial charge on any atom is -0.469 e. The maximum absolute atomic E-state index is 11.2. The van der Waals surface area contributed by atoms with Crippen LogP contribution in [-0.4, -0.2) is 49.9 Å². The largest absolute Gasteiger partial charge is 0.469 e. The minimum absolute atomic E-state index is 0.0930. The van der Waals surface area contributed by atoms with Crippen LogP contribution in [0, 0.1) is 0 Å². The molecule has 1 aromatic rings. The second kappa shape index (κ2) is 7.37. The van der Waals surface area contributed by atoms with Crippen LogP contribution in [-0.2, 0) is 14.3 Å². The summed E-state index contributed by atoms with van der Waals surface area (Å²) >= 11 is 0. The average Bonchev–Trinajstić information content (AvgIpc) is 2.37. The number of carbonyl (C=O) groups excluding carboxylic acids is 1. The first-order valence-corrected chi connectivity index (χ1v) is 5.77. The topological polar surface area (TPSA) is 117 Å². The highest BCUT2D eigenvalue weighted by molar-refractivity contribution is 5.70. The SMILES string of the molecule is COCCN(CCC(=O)OC)c1cc(N)nc(N)n1. The van der Waals surface area contributed by atoms with Gasteiger partial charge in [0.2, 0.25) is 5.95 Å². The van der Waals surface area contributed by atoms with E-state index in [0.29, 0.717) is 25.5 Å². The molecule has 0 aliphatic rings. The van der Waals surface area contributed by atoms with Crippen LogP contribution in [0.5, 0.6) is 0 Å². The third-order valence-electron chi connectivity index (χ3n) is 2.45. The number of anilines is 3. The molecule has 0 unspecified atom stereocenters. The van der Waals surface area contributed by atoms with Crippen LogP contribution in [0.4, 0.5) is 17.6 Å². The molecule has 1 heterocycles. The van der Waals surface area contributed by atoms with Gasteiger partial charge in [0.1, 0.15) is 11.6 Å². The zero-order valence-corrected chi connectivity index (χ0v) is 11.1. The van der Waals surface area contributed by atoms with E-state index in [4.69, 9.17) is 16.2 Å². The number of hydrogen-bond acceptors (Lipinski definition) is 8. The molecule has 0 atom stereocenters. The molecule has 4 N–H and O–H groups in total. The lowest BCUT2D eigenvalue weighted by Crippen LogP contribution is -2.31. The Kier molecular flexibility index (Phi) is 5.80. The highest BCUT2D eigenvalue weighted by atomic mass is 16.5. The van der Waals surface area contributed by atoms with E-state index in [1.54, 1.807) is 13.2 Å². The van der Waals surface area contributed by atoms with Gasteiger partial charge in [0.05, 0.1) is 20.1 Å². The molecule has 0 radical (unpaired) electrons. The fourth-order valence-corrected chi connectivity index (χ4v) is 1.50. The maximum atomic E-state index is 11.2. The van der Waals surface area contributed by atoms with E-state index in [9.17, 15) is 4.79 Å². The molecule has 0 aromatic carbocycles. The van der Waals surface area contributed by atoms with Gasteiger partial charge in [-0.15, -0.1) is 0 Å². The average molecular weight is 269 g/mol. The van der Waals surface area contributed by atoms with Gasteiger partial charge in [-0.1, -0.05) is 0 Å². The number of ether oxygens (including phenoxy) is 2. The van der Waals surface area contributed by atoms with Crippen LogP contribution in [0.25, 0.3) is 0 Å². The maximum Gasteiger partial charge on any atom is 0.307 e. The van der Waals surface area contributed by atoms with Gasteiger partial charge in [0, 0.05) is 26.3 Å². The third-order valence-corrected chi connectivity index (χ3v) is 2.45. The zero-order valence-electron chi connectivity index (χ0n) is 11.1. The van der Waals surface area contributed by atoms with E-state index in [1.807, 2.05) is 4.90 Å². The van der Waals surface area contributed by atoms with Crippen LogP contribution < -0.4 is 16.4 Å². The van der Waals surface area contributed by atoms with Gasteiger partial charge in [0.25, 0.3) is 0 Å². The van der Waals surface area contributed by atoms with Crippen LogP contribution in [0.3, 0.4) is 0 Å². The van der Waals surface area contributed by atoms with E-state index in [0.717, 1.165) is 0 Å². The summed E-state index contributed by atoms with van der Waals surface area (Å²) in [6, 6.07) is 1.60. The second-order valence-electron chi connectivity index (χ2n) is 3.82. The normalized spacial score (nSPS) is 10.2. The number of esters is 1. The Hall–Kier alpha value is -2.09. The van der Waals surface area contributed by atoms with Crippen molar-refractivity contribution in [1.82, 2.24) is 9.97 Å². The van der Waals surface area contributed by atoms with Crippen molar-refractivity contribution in [3.05, 3.63) is 6.07 Å². The van der Waals surface area contributed by atoms with Crippen LogP contribution in [0.2, 0.25) is 0 Å². The van der Waals surface area contributed by atoms with Crippen LogP contribution >= 0.6 is 0 Å². The molecule has 0 saturated heterocycles. The van der Waals surface area contributed by atoms with Crippen molar-refractivity contribution in [3.8, 4) is 0 Å². The number of aromatic nitrogens is 2. The van der Waals surface area contributed by atoms with Gasteiger partial charge in [-0.3, -0.25) is 4.79 Å². The second-order valence-corrected chi connectivity index (χ2v) is 3.82. The first kappa shape index (κ1) is 15.0. The van der Waals surface area contributed by atoms with Gasteiger partial charge >= 0.3 is 5.97 Å². The lowest BCUT2D eigenvalue weighted by Gasteiger charge is -2.23. The molecule has 0 fully saturated rings. The zero-order chi connectivity index (χ0) is 14.3. The summed E-state index contributed by atoms with van der Waals surface area (Å²) in [7, 11) is 2.95. The van der Waals surface area contributed by atoms with Crippen molar-refractivity contribution in [2.75, 3.05) is 50.3 Å². The molecule has 8 heteroatoms. The summed E-state index contributed by atoms with van der Waals surface area (Å²) in [6.45, 7) is 1.49. The molecule has 0 spiro atoms. The van der Waals surface area contributed by atoms with Crippen LogP contribution in [0.15, 0.2) is 6.07 Å². The van der Waals surface area contributed by atoms with Gasteiger partial charge in [-0.05, 0) is 0 Å². The number of methoxy groups -OCH3 is 2. The van der Waals surface area contributed by atoms with Crippen molar-refractivity contribution in [2.24, 2.45) is 0 Å². The molecule has 0 saturated carbocycles. The first-order valence-electron chi connectivity index (χ1n) is 5.77. The Morgan fingerprint density at radius 2 is 2.05 bits per heavy atom. The molecule has 106 valence electrons. The molecule has 0 bridgehead atoms. The summed E-state index contributed by atoms with van der Waals surface area (Å²) in [5, 5.41) is 0. The molecule has 0 aliphatic carbocycles. The standard InChI is InChI=1S/C11H19N5O3/c1-18-6-5-16(4-3-10(17)19-2)9-7-8(12)14-11(13)15-9/h7H,3-6H2,1-2H3,(H4,12,13,14,15). The van der Waals surface area contributed by atoms with E-state index in [-0.39, 0.29) is 24.2 Å². The van der Waals surface area contributed by atoms with Gasteiger partial charge in [0.15, 0.2) is 0 Å². The van der Waals surface area contributed by atoms with E-state index in [2.05, 4.69) is 14.7 Å². The molecular formula is C11H19N5O3. The van der Waals surface area contributed by atoms with Gasteiger partial charge < -0.3 is 25.8 Å². The molecular weight excluding hydrogens is 250 g/mol. The van der Waals surface area contributed by atoms with Crippen molar-refractivity contribution in [3.63, 3.8) is 0 Å². The van der Waals surface area contributed by atoms with Crippen molar-refractivity contribution in [2.45, 2.75) is 6.42 Å². The highest BCUT2D eigenvalue weighted by Gasteiger charge is 2.12. The number of nitrogen functional groups attached to an aromatic ring is 2.